The van der Waals surface area contributed by atoms with Crippen LogP contribution >= 0.6 is 0 Å². The summed E-state index contributed by atoms with van der Waals surface area (Å²) in [6.07, 6.45) is 10.6. The van der Waals surface area contributed by atoms with Crippen molar-refractivity contribution in [3.63, 3.8) is 0 Å². The maximum Gasteiger partial charge on any atom is 0.329 e. The van der Waals surface area contributed by atoms with Crippen molar-refractivity contribution in [2.24, 2.45) is 11.8 Å². The summed E-state index contributed by atoms with van der Waals surface area (Å²) in [4.78, 5) is 38.6. The molecule has 0 aliphatic carbocycles. The SMILES string of the molecule is C#CC[C@H](NC(=O)[C@@H]1CCCN(C(=O)CCC2CCNCC2)C1)C(=O)OC. The van der Waals surface area contributed by atoms with E-state index in [9.17, 15) is 14.4 Å². The zero-order chi connectivity index (χ0) is 19.6. The molecule has 7 nitrogen and oxygen atoms in total. The lowest BCUT2D eigenvalue weighted by Gasteiger charge is -2.33. The Morgan fingerprint density at radius 2 is 2.04 bits per heavy atom. The second-order valence-corrected chi connectivity index (χ2v) is 7.40. The van der Waals surface area contributed by atoms with Crippen LogP contribution in [0.2, 0.25) is 0 Å². The third-order valence-electron chi connectivity index (χ3n) is 5.49. The van der Waals surface area contributed by atoms with Crippen molar-refractivity contribution in [2.75, 3.05) is 33.3 Å². The number of hydrogen-bond donors (Lipinski definition) is 2. The third kappa shape index (κ3) is 6.55. The van der Waals surface area contributed by atoms with Crippen molar-refractivity contribution < 1.29 is 19.1 Å². The van der Waals surface area contributed by atoms with Gasteiger partial charge in [-0.3, -0.25) is 9.59 Å². The molecule has 2 aliphatic rings. The predicted molar refractivity (Wildman–Crippen MR) is 102 cm³/mol. The van der Waals surface area contributed by atoms with Gasteiger partial charge in [0.05, 0.1) is 13.0 Å². The number of piperidine rings is 2. The molecule has 0 aromatic carbocycles. The number of esters is 1. The number of methoxy groups -OCH3 is 1. The normalized spacial score (nSPS) is 21.8. The van der Waals surface area contributed by atoms with Crippen LogP contribution in [0, 0.1) is 24.2 Å². The molecule has 2 atom stereocenters. The molecule has 2 aliphatic heterocycles. The van der Waals surface area contributed by atoms with Crippen LogP contribution in [0.25, 0.3) is 0 Å². The van der Waals surface area contributed by atoms with E-state index in [0.29, 0.717) is 31.8 Å². The van der Waals surface area contributed by atoms with E-state index < -0.39 is 12.0 Å². The Hall–Kier alpha value is -2.07. The van der Waals surface area contributed by atoms with E-state index in [1.54, 1.807) is 4.90 Å². The Balaban J connectivity index is 1.82. The van der Waals surface area contributed by atoms with Crippen molar-refractivity contribution in [1.82, 2.24) is 15.5 Å². The highest BCUT2D eigenvalue weighted by Crippen LogP contribution is 2.21. The van der Waals surface area contributed by atoms with Gasteiger partial charge in [-0.05, 0) is 51.1 Å². The summed E-state index contributed by atoms with van der Waals surface area (Å²) in [7, 11) is 1.27. The second-order valence-electron chi connectivity index (χ2n) is 7.40. The molecule has 0 bridgehead atoms. The topological polar surface area (TPSA) is 87.7 Å². The van der Waals surface area contributed by atoms with Crippen LogP contribution in [0.5, 0.6) is 0 Å². The Morgan fingerprint density at radius 1 is 1.30 bits per heavy atom. The number of hydrogen-bond acceptors (Lipinski definition) is 5. The van der Waals surface area contributed by atoms with Gasteiger partial charge in [0.15, 0.2) is 0 Å². The number of nitrogens with one attached hydrogen (secondary N) is 2. The zero-order valence-electron chi connectivity index (χ0n) is 16.2. The zero-order valence-corrected chi connectivity index (χ0v) is 16.2. The minimum atomic E-state index is -0.835. The average molecular weight is 377 g/mol. The van der Waals surface area contributed by atoms with Gasteiger partial charge in [0, 0.05) is 25.9 Å². The van der Waals surface area contributed by atoms with Crippen LogP contribution in [0.1, 0.15) is 44.9 Å². The number of terminal acetylenes is 1. The number of amides is 2. The van der Waals surface area contributed by atoms with Gasteiger partial charge in [-0.15, -0.1) is 12.3 Å². The molecule has 2 rings (SSSR count). The van der Waals surface area contributed by atoms with Crippen LogP contribution in [-0.2, 0) is 19.1 Å². The summed E-state index contributed by atoms with van der Waals surface area (Å²) in [5.41, 5.74) is 0. The Kier molecular flexibility index (Phi) is 8.59. The molecule has 150 valence electrons. The maximum absolute atomic E-state index is 12.6. The van der Waals surface area contributed by atoms with Crippen molar-refractivity contribution in [3.05, 3.63) is 0 Å². The minimum absolute atomic E-state index is 0.0873. The minimum Gasteiger partial charge on any atom is -0.467 e. The molecule has 27 heavy (non-hydrogen) atoms. The smallest absolute Gasteiger partial charge is 0.329 e. The standard InChI is InChI=1S/C20H31N3O4/c1-3-5-17(20(26)27-2)22-19(25)16-6-4-13-23(14-16)18(24)8-7-15-9-11-21-12-10-15/h1,15-17,21H,4-14H2,2H3,(H,22,25)/t16-,17+/m1/s1. The number of ether oxygens (including phenoxy) is 1. The lowest BCUT2D eigenvalue weighted by molar-refractivity contribution is -0.146. The van der Waals surface area contributed by atoms with Crippen LogP contribution < -0.4 is 10.6 Å². The fourth-order valence-electron chi connectivity index (χ4n) is 3.82. The van der Waals surface area contributed by atoms with Crippen molar-refractivity contribution in [3.8, 4) is 12.3 Å². The largest absolute Gasteiger partial charge is 0.467 e. The van der Waals surface area contributed by atoms with Gasteiger partial charge in [-0.2, -0.15) is 0 Å². The molecule has 7 heteroatoms. The fourth-order valence-corrected chi connectivity index (χ4v) is 3.82. The first-order chi connectivity index (χ1) is 13.0. The summed E-state index contributed by atoms with van der Waals surface area (Å²) in [5, 5.41) is 6.02. The molecular weight excluding hydrogens is 346 g/mol. The summed E-state index contributed by atoms with van der Waals surface area (Å²) >= 11 is 0. The summed E-state index contributed by atoms with van der Waals surface area (Å²) in [5.74, 6) is 2.02. The number of rotatable bonds is 7. The first kappa shape index (κ1) is 21.2. The molecule has 2 N–H and O–H groups in total. The highest BCUT2D eigenvalue weighted by atomic mass is 16.5. The first-order valence-corrected chi connectivity index (χ1v) is 9.85. The van der Waals surface area contributed by atoms with E-state index in [-0.39, 0.29) is 24.2 Å². The van der Waals surface area contributed by atoms with Gasteiger partial charge in [0.2, 0.25) is 11.8 Å². The van der Waals surface area contributed by atoms with Crippen LogP contribution in [-0.4, -0.2) is 62.0 Å². The molecule has 0 aromatic heterocycles. The number of carbonyl (C=O) groups excluding carboxylic acids is 3. The highest BCUT2D eigenvalue weighted by Gasteiger charge is 2.31. The van der Waals surface area contributed by atoms with Crippen molar-refractivity contribution in [1.29, 1.82) is 0 Å². The van der Waals surface area contributed by atoms with E-state index in [1.165, 1.54) is 7.11 Å². The van der Waals surface area contributed by atoms with Crippen LogP contribution in [0.15, 0.2) is 0 Å². The molecule has 2 heterocycles. The summed E-state index contributed by atoms with van der Waals surface area (Å²) < 4.78 is 4.68. The molecule has 0 unspecified atom stereocenters. The summed E-state index contributed by atoms with van der Waals surface area (Å²) in [6.45, 7) is 3.16. The van der Waals surface area contributed by atoms with Crippen LogP contribution in [0.4, 0.5) is 0 Å². The lowest BCUT2D eigenvalue weighted by Crippen LogP contribution is -2.49. The monoisotopic (exact) mass is 377 g/mol. The van der Waals surface area contributed by atoms with Gasteiger partial charge in [0.1, 0.15) is 6.04 Å². The molecular formula is C20H31N3O4. The van der Waals surface area contributed by atoms with Crippen LogP contribution in [0.3, 0.4) is 0 Å². The van der Waals surface area contributed by atoms with E-state index in [4.69, 9.17) is 6.42 Å². The van der Waals surface area contributed by atoms with E-state index in [2.05, 4.69) is 21.3 Å². The highest BCUT2D eigenvalue weighted by molar-refractivity contribution is 5.86. The Morgan fingerprint density at radius 3 is 2.70 bits per heavy atom. The van der Waals surface area contributed by atoms with Gasteiger partial charge in [0.25, 0.3) is 0 Å². The van der Waals surface area contributed by atoms with E-state index in [0.717, 1.165) is 38.8 Å². The predicted octanol–water partition coefficient (Wildman–Crippen LogP) is 0.686. The Labute approximate surface area is 161 Å². The number of likely N-dealkylation sites (tertiary alicyclic amines) is 1. The molecule has 2 fully saturated rings. The van der Waals surface area contributed by atoms with Gasteiger partial charge < -0.3 is 20.3 Å². The second kappa shape index (κ2) is 10.9. The Bertz CT molecular complexity index is 566. The number of carbonyl (C=O) groups is 3. The molecule has 0 aromatic rings. The molecule has 0 saturated carbocycles. The maximum atomic E-state index is 12.6. The molecule has 2 amide bonds. The molecule has 0 radical (unpaired) electrons. The van der Waals surface area contributed by atoms with Crippen molar-refractivity contribution >= 4 is 17.8 Å². The van der Waals surface area contributed by atoms with Crippen molar-refractivity contribution in [2.45, 2.75) is 51.0 Å². The third-order valence-corrected chi connectivity index (χ3v) is 5.49. The first-order valence-electron chi connectivity index (χ1n) is 9.85. The fraction of sp³-hybridized carbons (Fsp3) is 0.750. The van der Waals surface area contributed by atoms with E-state index in [1.807, 2.05) is 0 Å². The van der Waals surface area contributed by atoms with Gasteiger partial charge >= 0.3 is 5.97 Å². The average Bonchev–Trinajstić information content (AvgIpc) is 2.71. The molecule has 2 saturated heterocycles. The quantitative estimate of drug-likeness (QED) is 0.503. The number of nitrogens with zero attached hydrogens (tertiary/aromatic N) is 1. The van der Waals surface area contributed by atoms with E-state index >= 15 is 0 Å². The lowest BCUT2D eigenvalue weighted by atomic mass is 9.92. The van der Waals surface area contributed by atoms with Gasteiger partial charge in [-0.25, -0.2) is 4.79 Å². The molecule has 0 spiro atoms. The van der Waals surface area contributed by atoms with Gasteiger partial charge in [-0.1, -0.05) is 0 Å². The summed E-state index contributed by atoms with van der Waals surface area (Å²) in [6, 6.07) is -0.835.